The highest BCUT2D eigenvalue weighted by Crippen LogP contribution is 2.54. The average molecular weight is 299 g/mol. The van der Waals surface area contributed by atoms with E-state index in [0.29, 0.717) is 23.3 Å². The van der Waals surface area contributed by atoms with Gasteiger partial charge in [0.1, 0.15) is 0 Å². The first kappa shape index (κ1) is 14.4. The predicted molar refractivity (Wildman–Crippen MR) is 68.8 cm³/mol. The van der Waals surface area contributed by atoms with E-state index in [1.54, 1.807) is 30.3 Å². The van der Waals surface area contributed by atoms with Gasteiger partial charge in [0.05, 0.1) is 0 Å². The van der Waals surface area contributed by atoms with Crippen molar-refractivity contribution >= 4 is 5.91 Å². The van der Waals surface area contributed by atoms with Gasteiger partial charge in [-0.25, -0.2) is 0 Å². The third-order valence-electron chi connectivity index (χ3n) is 4.63. The molecule has 1 aromatic carbocycles. The Kier molecular flexibility index (Phi) is 3.24. The van der Waals surface area contributed by atoms with Crippen LogP contribution in [0.5, 0.6) is 0 Å². The lowest BCUT2D eigenvalue weighted by atomic mass is 9.90. The Hall–Kier alpha value is -1.56. The van der Waals surface area contributed by atoms with Crippen LogP contribution in [-0.4, -0.2) is 27.8 Å². The SMILES string of the molecule is O=C1C2CCCC2C(O)(C(F)(F)F)N1Cc1ccccc1. The Morgan fingerprint density at radius 3 is 2.52 bits per heavy atom. The predicted octanol–water partition coefficient (Wildman–Crippen LogP) is 2.70. The summed E-state index contributed by atoms with van der Waals surface area (Å²) in [7, 11) is 0. The van der Waals surface area contributed by atoms with Crippen molar-refractivity contribution in [3.8, 4) is 0 Å². The summed E-state index contributed by atoms with van der Waals surface area (Å²) in [5, 5.41) is 10.4. The van der Waals surface area contributed by atoms with Crippen molar-refractivity contribution in [3.63, 3.8) is 0 Å². The number of fused-ring (bicyclic) bond motifs is 1. The molecule has 0 bridgehead atoms. The van der Waals surface area contributed by atoms with E-state index < -0.39 is 29.6 Å². The van der Waals surface area contributed by atoms with Crippen LogP contribution in [0.4, 0.5) is 13.2 Å². The fraction of sp³-hybridized carbons (Fsp3) is 0.533. The van der Waals surface area contributed by atoms with Gasteiger partial charge in [-0.3, -0.25) is 4.79 Å². The molecule has 6 heteroatoms. The maximum absolute atomic E-state index is 13.5. The number of aliphatic hydroxyl groups is 1. The van der Waals surface area contributed by atoms with Crippen molar-refractivity contribution in [2.45, 2.75) is 37.7 Å². The van der Waals surface area contributed by atoms with Crippen molar-refractivity contribution in [3.05, 3.63) is 35.9 Å². The smallest absolute Gasteiger partial charge is 0.363 e. The second-order valence-corrected chi connectivity index (χ2v) is 5.78. The van der Waals surface area contributed by atoms with Crippen molar-refractivity contribution in [1.82, 2.24) is 4.90 Å². The molecule has 1 aromatic rings. The fourth-order valence-corrected chi connectivity index (χ4v) is 3.63. The molecule has 0 spiro atoms. The Bertz CT molecular complexity index is 546. The summed E-state index contributed by atoms with van der Waals surface area (Å²) in [4.78, 5) is 12.9. The molecule has 3 rings (SSSR count). The number of hydrogen-bond acceptors (Lipinski definition) is 2. The highest BCUT2D eigenvalue weighted by atomic mass is 19.4. The standard InChI is InChI=1S/C15H16F3NO2/c16-15(17,18)14(21)12-8-4-7-11(12)13(20)19(14)9-10-5-2-1-3-6-10/h1-3,5-6,11-12,21H,4,7-9H2. The van der Waals surface area contributed by atoms with Crippen LogP contribution in [0.1, 0.15) is 24.8 Å². The molecule has 0 aromatic heterocycles. The first-order valence-corrected chi connectivity index (χ1v) is 7.00. The van der Waals surface area contributed by atoms with Crippen LogP contribution in [0, 0.1) is 11.8 Å². The van der Waals surface area contributed by atoms with E-state index in [1.807, 2.05) is 0 Å². The Morgan fingerprint density at radius 1 is 1.24 bits per heavy atom. The zero-order chi connectivity index (χ0) is 15.3. The molecule has 1 saturated carbocycles. The summed E-state index contributed by atoms with van der Waals surface area (Å²) in [6.45, 7) is -0.220. The van der Waals surface area contributed by atoms with Gasteiger partial charge in [-0.05, 0) is 18.4 Å². The lowest BCUT2D eigenvalue weighted by Gasteiger charge is -2.38. The number of likely N-dealkylation sites (tertiary alicyclic amines) is 1. The molecule has 1 amide bonds. The Morgan fingerprint density at radius 2 is 1.90 bits per heavy atom. The number of alkyl halides is 3. The minimum atomic E-state index is -4.85. The number of carbonyl (C=O) groups is 1. The molecule has 3 atom stereocenters. The molecule has 0 radical (unpaired) electrons. The molecule has 1 saturated heterocycles. The van der Waals surface area contributed by atoms with Crippen LogP contribution in [0.3, 0.4) is 0 Å². The molecule has 21 heavy (non-hydrogen) atoms. The van der Waals surface area contributed by atoms with E-state index in [9.17, 15) is 23.1 Å². The Labute approximate surface area is 120 Å². The van der Waals surface area contributed by atoms with Crippen LogP contribution in [0.25, 0.3) is 0 Å². The zero-order valence-electron chi connectivity index (χ0n) is 11.3. The summed E-state index contributed by atoms with van der Waals surface area (Å²) in [6.07, 6.45) is -3.63. The molecule has 1 aliphatic carbocycles. The number of halogens is 3. The van der Waals surface area contributed by atoms with Gasteiger partial charge in [-0.2, -0.15) is 13.2 Å². The largest absolute Gasteiger partial charge is 0.437 e. The summed E-state index contributed by atoms with van der Waals surface area (Å²) in [6, 6.07) is 8.45. The van der Waals surface area contributed by atoms with Gasteiger partial charge in [0, 0.05) is 18.4 Å². The van der Waals surface area contributed by atoms with Gasteiger partial charge >= 0.3 is 6.18 Å². The van der Waals surface area contributed by atoms with Gasteiger partial charge in [0.15, 0.2) is 0 Å². The third-order valence-corrected chi connectivity index (χ3v) is 4.63. The first-order chi connectivity index (χ1) is 9.85. The summed E-state index contributed by atoms with van der Waals surface area (Å²) in [5.41, 5.74) is -2.46. The van der Waals surface area contributed by atoms with Gasteiger partial charge in [0.2, 0.25) is 11.6 Å². The van der Waals surface area contributed by atoms with Crippen molar-refractivity contribution in [1.29, 1.82) is 0 Å². The van der Waals surface area contributed by atoms with Crippen molar-refractivity contribution < 1.29 is 23.1 Å². The maximum Gasteiger partial charge on any atom is 0.437 e. The van der Waals surface area contributed by atoms with Gasteiger partial charge in [-0.1, -0.05) is 36.8 Å². The summed E-state index contributed by atoms with van der Waals surface area (Å²) >= 11 is 0. The second-order valence-electron chi connectivity index (χ2n) is 5.78. The molecule has 1 aliphatic heterocycles. The molecule has 1 heterocycles. The number of nitrogens with zero attached hydrogens (tertiary/aromatic N) is 1. The van der Waals surface area contributed by atoms with E-state index in [1.165, 1.54) is 0 Å². The quantitative estimate of drug-likeness (QED) is 0.912. The van der Waals surface area contributed by atoms with Crippen LogP contribution in [0.2, 0.25) is 0 Å². The average Bonchev–Trinajstić information content (AvgIpc) is 2.99. The summed E-state index contributed by atoms with van der Waals surface area (Å²) in [5.74, 6) is -2.34. The van der Waals surface area contributed by atoms with Crippen LogP contribution >= 0.6 is 0 Å². The second kappa shape index (κ2) is 4.73. The van der Waals surface area contributed by atoms with E-state index in [4.69, 9.17) is 0 Å². The van der Waals surface area contributed by atoms with Crippen LogP contribution in [-0.2, 0) is 11.3 Å². The highest BCUT2D eigenvalue weighted by molar-refractivity contribution is 5.83. The van der Waals surface area contributed by atoms with Crippen molar-refractivity contribution in [2.75, 3.05) is 0 Å². The highest BCUT2D eigenvalue weighted by Gasteiger charge is 2.71. The van der Waals surface area contributed by atoms with Gasteiger partial charge in [0.25, 0.3) is 0 Å². The van der Waals surface area contributed by atoms with Crippen LogP contribution < -0.4 is 0 Å². The fourth-order valence-electron chi connectivity index (χ4n) is 3.63. The molecule has 3 nitrogen and oxygen atoms in total. The Balaban J connectivity index is 1.98. The number of carbonyl (C=O) groups excluding carboxylic acids is 1. The summed E-state index contributed by atoms with van der Waals surface area (Å²) < 4.78 is 40.4. The maximum atomic E-state index is 13.5. The topological polar surface area (TPSA) is 40.5 Å². The third kappa shape index (κ3) is 2.04. The van der Waals surface area contributed by atoms with E-state index in [-0.39, 0.29) is 13.0 Å². The monoisotopic (exact) mass is 299 g/mol. The molecule has 2 aliphatic rings. The minimum Gasteiger partial charge on any atom is -0.363 e. The van der Waals surface area contributed by atoms with E-state index in [0.717, 1.165) is 0 Å². The number of hydrogen-bond donors (Lipinski definition) is 1. The molecule has 114 valence electrons. The zero-order valence-corrected chi connectivity index (χ0v) is 11.3. The number of rotatable bonds is 2. The molecule has 2 fully saturated rings. The molecule has 1 N–H and O–H groups in total. The lowest BCUT2D eigenvalue weighted by Crippen LogP contribution is -2.59. The van der Waals surface area contributed by atoms with Crippen LogP contribution in [0.15, 0.2) is 30.3 Å². The number of benzene rings is 1. The minimum absolute atomic E-state index is 0.220. The normalized spacial score (nSPS) is 32.6. The van der Waals surface area contributed by atoms with Gasteiger partial charge < -0.3 is 10.0 Å². The van der Waals surface area contributed by atoms with E-state index >= 15 is 0 Å². The van der Waals surface area contributed by atoms with Crippen molar-refractivity contribution in [2.24, 2.45) is 11.8 Å². The molecule has 3 unspecified atom stereocenters. The lowest BCUT2D eigenvalue weighted by molar-refractivity contribution is -0.319. The van der Waals surface area contributed by atoms with E-state index in [2.05, 4.69) is 0 Å². The molecular formula is C15H16F3NO2. The molecular weight excluding hydrogens is 283 g/mol. The number of amides is 1. The van der Waals surface area contributed by atoms with Gasteiger partial charge in [-0.15, -0.1) is 0 Å². The first-order valence-electron chi connectivity index (χ1n) is 7.00.